The van der Waals surface area contributed by atoms with Crippen molar-refractivity contribution in [3.05, 3.63) is 0 Å². The maximum atomic E-state index is 11.8. The Morgan fingerprint density at radius 1 is 1.25 bits per heavy atom. The second-order valence-electron chi connectivity index (χ2n) is 6.92. The fourth-order valence-electron chi connectivity index (χ4n) is 4.31. The number of ether oxygens (including phenoxy) is 1. The van der Waals surface area contributed by atoms with Crippen molar-refractivity contribution in [3.8, 4) is 0 Å². The van der Waals surface area contributed by atoms with Gasteiger partial charge in [-0.1, -0.05) is 6.92 Å². The standard InChI is InChI=1S/C14H22O2/c1-12(2)10-4-6-13(3)7-5-11(15)9-14(13,8-10)16-12/h10H,4-9H2,1-3H3/t10-,13-,14+/m1/s1. The summed E-state index contributed by atoms with van der Waals surface area (Å²) < 4.78 is 6.42. The van der Waals surface area contributed by atoms with Gasteiger partial charge >= 0.3 is 0 Å². The molecule has 3 atom stereocenters. The second kappa shape index (κ2) is 2.90. The number of hydrogen-bond donors (Lipinski definition) is 0. The number of Topliss-reactive ketones (excluding diaryl/α,β-unsaturated/α-hetero) is 1. The van der Waals surface area contributed by atoms with Crippen LogP contribution in [0.3, 0.4) is 0 Å². The molecular weight excluding hydrogens is 200 g/mol. The number of rotatable bonds is 0. The third-order valence-corrected chi connectivity index (χ3v) is 5.60. The van der Waals surface area contributed by atoms with E-state index in [0.29, 0.717) is 18.1 Å². The van der Waals surface area contributed by atoms with Crippen molar-refractivity contribution in [3.63, 3.8) is 0 Å². The molecule has 0 radical (unpaired) electrons. The highest BCUT2D eigenvalue weighted by Crippen LogP contribution is 2.63. The first-order valence-corrected chi connectivity index (χ1v) is 6.59. The fraction of sp³-hybridized carbons (Fsp3) is 0.929. The molecule has 16 heavy (non-hydrogen) atoms. The second-order valence-corrected chi connectivity index (χ2v) is 6.92. The van der Waals surface area contributed by atoms with Gasteiger partial charge in [-0.25, -0.2) is 0 Å². The quantitative estimate of drug-likeness (QED) is 0.629. The van der Waals surface area contributed by atoms with Crippen LogP contribution in [0.2, 0.25) is 0 Å². The van der Waals surface area contributed by atoms with E-state index in [9.17, 15) is 4.79 Å². The average molecular weight is 222 g/mol. The van der Waals surface area contributed by atoms with Gasteiger partial charge in [0.1, 0.15) is 5.78 Å². The van der Waals surface area contributed by atoms with E-state index >= 15 is 0 Å². The molecule has 0 amide bonds. The minimum absolute atomic E-state index is 0.0185. The summed E-state index contributed by atoms with van der Waals surface area (Å²) in [7, 11) is 0. The van der Waals surface area contributed by atoms with E-state index in [1.807, 2.05) is 0 Å². The molecule has 2 heteroatoms. The molecular formula is C14H22O2. The van der Waals surface area contributed by atoms with Crippen molar-refractivity contribution in [2.75, 3.05) is 0 Å². The van der Waals surface area contributed by atoms with Crippen LogP contribution < -0.4 is 0 Å². The Balaban J connectivity index is 2.02. The van der Waals surface area contributed by atoms with Crippen molar-refractivity contribution in [2.45, 2.75) is 70.5 Å². The predicted octanol–water partition coefficient (Wildman–Crippen LogP) is 3.09. The van der Waals surface area contributed by atoms with E-state index in [0.717, 1.165) is 19.3 Å². The first kappa shape index (κ1) is 10.8. The van der Waals surface area contributed by atoms with Gasteiger partial charge in [0.05, 0.1) is 11.2 Å². The van der Waals surface area contributed by atoms with Crippen LogP contribution in [-0.4, -0.2) is 17.0 Å². The molecule has 0 aromatic rings. The largest absolute Gasteiger partial charge is 0.368 e. The molecule has 0 aromatic carbocycles. The molecule has 2 nitrogen and oxygen atoms in total. The molecule has 1 spiro atoms. The monoisotopic (exact) mass is 222 g/mol. The van der Waals surface area contributed by atoms with E-state index in [4.69, 9.17) is 4.74 Å². The molecule has 1 aliphatic heterocycles. The Kier molecular flexibility index (Phi) is 1.95. The Bertz CT molecular complexity index is 347. The Hall–Kier alpha value is -0.370. The molecule has 1 saturated heterocycles. The van der Waals surface area contributed by atoms with Crippen LogP contribution in [0, 0.1) is 11.3 Å². The van der Waals surface area contributed by atoms with Crippen molar-refractivity contribution < 1.29 is 9.53 Å². The molecule has 2 bridgehead atoms. The minimum atomic E-state index is -0.116. The summed E-state index contributed by atoms with van der Waals surface area (Å²) in [6.07, 6.45) is 6.11. The fourth-order valence-corrected chi connectivity index (χ4v) is 4.31. The first-order valence-electron chi connectivity index (χ1n) is 6.59. The SMILES string of the molecule is CC1(C)O[C@@]23CC(=O)CC[C@@]2(C)CC[C@@H]1C3. The zero-order valence-corrected chi connectivity index (χ0v) is 10.6. The van der Waals surface area contributed by atoms with Gasteiger partial charge in [0.2, 0.25) is 0 Å². The van der Waals surface area contributed by atoms with Crippen LogP contribution in [0.25, 0.3) is 0 Å². The van der Waals surface area contributed by atoms with Crippen molar-refractivity contribution in [2.24, 2.45) is 11.3 Å². The summed E-state index contributed by atoms with van der Waals surface area (Å²) in [5.41, 5.74) is 0.120. The molecule has 0 aromatic heterocycles. The van der Waals surface area contributed by atoms with Crippen molar-refractivity contribution in [1.82, 2.24) is 0 Å². The van der Waals surface area contributed by atoms with Gasteiger partial charge < -0.3 is 4.74 Å². The Morgan fingerprint density at radius 2 is 2.00 bits per heavy atom. The molecule has 3 aliphatic rings. The third kappa shape index (κ3) is 1.20. The van der Waals surface area contributed by atoms with Gasteiger partial charge in [-0.3, -0.25) is 4.79 Å². The lowest BCUT2D eigenvalue weighted by molar-refractivity contribution is -0.173. The van der Waals surface area contributed by atoms with Crippen molar-refractivity contribution in [1.29, 1.82) is 0 Å². The summed E-state index contributed by atoms with van der Waals surface area (Å²) in [6, 6.07) is 0. The van der Waals surface area contributed by atoms with Crippen LogP contribution in [-0.2, 0) is 9.53 Å². The van der Waals surface area contributed by atoms with Gasteiger partial charge in [-0.15, -0.1) is 0 Å². The van der Waals surface area contributed by atoms with Gasteiger partial charge in [0.15, 0.2) is 0 Å². The van der Waals surface area contributed by atoms with Gasteiger partial charge in [-0.2, -0.15) is 0 Å². The molecule has 90 valence electrons. The number of carbonyl (C=O) groups excluding carboxylic acids is 1. The summed E-state index contributed by atoms with van der Waals surface area (Å²) in [5.74, 6) is 1.07. The highest BCUT2D eigenvalue weighted by Gasteiger charge is 2.64. The number of ketones is 1. The molecule has 1 heterocycles. The van der Waals surface area contributed by atoms with E-state index in [-0.39, 0.29) is 16.6 Å². The highest BCUT2D eigenvalue weighted by molar-refractivity contribution is 5.81. The summed E-state index contributed by atoms with van der Waals surface area (Å²) >= 11 is 0. The van der Waals surface area contributed by atoms with Crippen LogP contribution in [0.1, 0.15) is 59.3 Å². The summed E-state index contributed by atoms with van der Waals surface area (Å²) in [6.45, 7) is 6.76. The van der Waals surface area contributed by atoms with Crippen LogP contribution in [0.4, 0.5) is 0 Å². The first-order chi connectivity index (χ1) is 7.37. The number of carbonyl (C=O) groups is 1. The van der Waals surface area contributed by atoms with E-state index < -0.39 is 0 Å². The molecule has 2 aliphatic carbocycles. The summed E-state index contributed by atoms with van der Waals surface area (Å²) in [5, 5.41) is 0. The van der Waals surface area contributed by atoms with Gasteiger partial charge in [-0.05, 0) is 50.9 Å². The number of fused-ring (bicyclic) bond motifs is 1. The zero-order chi connectivity index (χ0) is 11.6. The van der Waals surface area contributed by atoms with E-state index in [1.165, 1.54) is 12.8 Å². The molecule has 3 rings (SSSR count). The van der Waals surface area contributed by atoms with Crippen LogP contribution in [0.5, 0.6) is 0 Å². The van der Waals surface area contributed by atoms with E-state index in [1.54, 1.807) is 0 Å². The lowest BCUT2D eigenvalue weighted by atomic mass is 9.56. The molecule has 0 unspecified atom stereocenters. The topological polar surface area (TPSA) is 26.3 Å². The van der Waals surface area contributed by atoms with Crippen LogP contribution >= 0.6 is 0 Å². The summed E-state index contributed by atoms with van der Waals surface area (Å²) in [4.78, 5) is 11.8. The zero-order valence-electron chi connectivity index (χ0n) is 10.6. The maximum Gasteiger partial charge on any atom is 0.135 e. The smallest absolute Gasteiger partial charge is 0.135 e. The van der Waals surface area contributed by atoms with Crippen LogP contribution in [0.15, 0.2) is 0 Å². The van der Waals surface area contributed by atoms with Crippen molar-refractivity contribution >= 4 is 5.78 Å². The molecule has 3 fully saturated rings. The minimum Gasteiger partial charge on any atom is -0.368 e. The Labute approximate surface area is 97.7 Å². The highest BCUT2D eigenvalue weighted by atomic mass is 16.5. The van der Waals surface area contributed by atoms with E-state index in [2.05, 4.69) is 20.8 Å². The van der Waals surface area contributed by atoms with Gasteiger partial charge in [0.25, 0.3) is 0 Å². The normalized spacial score (nSPS) is 50.2. The van der Waals surface area contributed by atoms with Gasteiger partial charge in [0, 0.05) is 12.8 Å². The molecule has 2 saturated carbocycles. The lowest BCUT2D eigenvalue weighted by Crippen LogP contribution is -2.52. The Morgan fingerprint density at radius 3 is 2.75 bits per heavy atom. The third-order valence-electron chi connectivity index (χ3n) is 5.60. The predicted molar refractivity (Wildman–Crippen MR) is 62.2 cm³/mol. The number of hydrogen-bond acceptors (Lipinski definition) is 2. The maximum absolute atomic E-state index is 11.8. The molecule has 0 N–H and O–H groups in total. The lowest BCUT2D eigenvalue weighted by Gasteiger charge is -2.51. The average Bonchev–Trinajstić information content (AvgIpc) is 2.39.